The van der Waals surface area contributed by atoms with Crippen LogP contribution in [0, 0.1) is 10.8 Å². The number of amides is 1. The Morgan fingerprint density at radius 3 is 2.00 bits per heavy atom. The van der Waals surface area contributed by atoms with Crippen LogP contribution in [0.25, 0.3) is 0 Å². The molecule has 0 atom stereocenters. The lowest BCUT2D eigenvalue weighted by molar-refractivity contribution is -0.142. The highest BCUT2D eigenvalue weighted by Crippen LogP contribution is 2.36. The van der Waals surface area contributed by atoms with Crippen molar-refractivity contribution in [2.45, 2.75) is 47.5 Å². The Morgan fingerprint density at radius 1 is 1.06 bits per heavy atom. The highest BCUT2D eigenvalue weighted by Gasteiger charge is 2.32. The first kappa shape index (κ1) is 15.9. The zero-order valence-electron chi connectivity index (χ0n) is 11.8. The number of carbonyl (C=O) groups excluding carboxylic acids is 2. The molecule has 0 aliphatic rings. The van der Waals surface area contributed by atoms with Crippen LogP contribution in [-0.2, 0) is 14.3 Å². The van der Waals surface area contributed by atoms with E-state index in [4.69, 9.17) is 0 Å². The summed E-state index contributed by atoms with van der Waals surface area (Å²) < 4.78 is 4.48. The van der Waals surface area contributed by atoms with E-state index in [1.165, 1.54) is 7.11 Å². The molecular formula is C13H25NO3. The summed E-state index contributed by atoms with van der Waals surface area (Å²) in [5, 5.41) is 2.86. The molecule has 4 heteroatoms. The van der Waals surface area contributed by atoms with E-state index in [1.807, 2.05) is 0 Å². The minimum absolute atomic E-state index is 0.00786. The SMILES string of the molecule is COC(=O)CCC(=O)NCC(C)(C)C(C)(C)C. The van der Waals surface area contributed by atoms with E-state index in [1.54, 1.807) is 0 Å². The Labute approximate surface area is 104 Å². The average Bonchev–Trinajstić information content (AvgIpc) is 2.21. The second-order valence-electron chi connectivity index (χ2n) is 5.99. The van der Waals surface area contributed by atoms with Gasteiger partial charge in [-0.05, 0) is 10.8 Å². The molecule has 0 radical (unpaired) electrons. The summed E-state index contributed by atoms with van der Waals surface area (Å²) in [7, 11) is 1.32. The molecule has 0 saturated carbocycles. The predicted octanol–water partition coefficient (Wildman–Crippen LogP) is 2.13. The molecule has 0 aromatic rings. The summed E-state index contributed by atoms with van der Waals surface area (Å²) in [4.78, 5) is 22.4. The first-order valence-corrected chi connectivity index (χ1v) is 5.93. The molecule has 0 spiro atoms. The minimum atomic E-state index is -0.352. The summed E-state index contributed by atoms with van der Waals surface area (Å²) in [5.41, 5.74) is 0.122. The van der Waals surface area contributed by atoms with Crippen molar-refractivity contribution in [2.24, 2.45) is 10.8 Å². The van der Waals surface area contributed by atoms with Gasteiger partial charge in [-0.2, -0.15) is 0 Å². The summed E-state index contributed by atoms with van der Waals surface area (Å²) in [6.45, 7) is 11.3. The molecule has 0 aromatic carbocycles. The first-order valence-electron chi connectivity index (χ1n) is 5.93. The molecule has 0 saturated heterocycles. The van der Waals surface area contributed by atoms with E-state index in [0.717, 1.165) is 0 Å². The van der Waals surface area contributed by atoms with Gasteiger partial charge < -0.3 is 10.1 Å². The fourth-order valence-electron chi connectivity index (χ4n) is 0.991. The Bertz CT molecular complexity index is 277. The molecule has 0 aromatic heterocycles. The van der Waals surface area contributed by atoms with Crippen LogP contribution in [0.15, 0.2) is 0 Å². The van der Waals surface area contributed by atoms with Crippen LogP contribution in [0.3, 0.4) is 0 Å². The van der Waals surface area contributed by atoms with Gasteiger partial charge in [-0.25, -0.2) is 0 Å². The van der Waals surface area contributed by atoms with E-state index in [2.05, 4.69) is 44.7 Å². The lowest BCUT2D eigenvalue weighted by Crippen LogP contribution is -2.41. The van der Waals surface area contributed by atoms with Crippen LogP contribution in [-0.4, -0.2) is 25.5 Å². The second kappa shape index (κ2) is 6.03. The van der Waals surface area contributed by atoms with Crippen molar-refractivity contribution >= 4 is 11.9 Å². The number of esters is 1. The number of carbonyl (C=O) groups is 2. The second-order valence-corrected chi connectivity index (χ2v) is 5.99. The van der Waals surface area contributed by atoms with Crippen LogP contribution in [0.4, 0.5) is 0 Å². The van der Waals surface area contributed by atoms with Crippen molar-refractivity contribution in [3.8, 4) is 0 Å². The van der Waals surface area contributed by atoms with Gasteiger partial charge in [0, 0.05) is 13.0 Å². The van der Waals surface area contributed by atoms with Crippen LogP contribution in [0.2, 0.25) is 0 Å². The molecule has 0 bridgehead atoms. The van der Waals surface area contributed by atoms with Gasteiger partial charge in [-0.15, -0.1) is 0 Å². The Kier molecular flexibility index (Phi) is 5.66. The molecule has 100 valence electrons. The third kappa shape index (κ3) is 5.71. The van der Waals surface area contributed by atoms with Crippen molar-refractivity contribution < 1.29 is 14.3 Å². The third-order valence-corrected chi connectivity index (χ3v) is 3.54. The van der Waals surface area contributed by atoms with Gasteiger partial charge in [0.2, 0.25) is 5.91 Å². The van der Waals surface area contributed by atoms with E-state index in [0.29, 0.717) is 6.54 Å². The van der Waals surface area contributed by atoms with Crippen molar-refractivity contribution in [1.82, 2.24) is 5.32 Å². The number of hydrogen-bond donors (Lipinski definition) is 1. The maximum Gasteiger partial charge on any atom is 0.306 e. The summed E-state index contributed by atoms with van der Waals surface area (Å²) in [6.07, 6.45) is 0.325. The quantitative estimate of drug-likeness (QED) is 0.753. The molecule has 0 aliphatic carbocycles. The summed E-state index contributed by atoms with van der Waals surface area (Å²) in [5.74, 6) is -0.456. The van der Waals surface area contributed by atoms with E-state index in [-0.39, 0.29) is 35.5 Å². The smallest absolute Gasteiger partial charge is 0.306 e. The van der Waals surface area contributed by atoms with Crippen LogP contribution < -0.4 is 5.32 Å². The lowest BCUT2D eigenvalue weighted by atomic mass is 9.69. The van der Waals surface area contributed by atoms with Crippen LogP contribution >= 0.6 is 0 Å². The highest BCUT2D eigenvalue weighted by molar-refractivity contribution is 5.81. The zero-order valence-corrected chi connectivity index (χ0v) is 11.8. The average molecular weight is 243 g/mol. The van der Waals surface area contributed by atoms with Crippen molar-refractivity contribution in [1.29, 1.82) is 0 Å². The zero-order chi connectivity index (χ0) is 13.7. The number of rotatable bonds is 5. The molecule has 0 rings (SSSR count). The van der Waals surface area contributed by atoms with E-state index < -0.39 is 0 Å². The molecule has 1 amide bonds. The van der Waals surface area contributed by atoms with Gasteiger partial charge >= 0.3 is 5.97 Å². The number of ether oxygens (including phenoxy) is 1. The molecule has 0 unspecified atom stereocenters. The highest BCUT2D eigenvalue weighted by atomic mass is 16.5. The fourth-order valence-corrected chi connectivity index (χ4v) is 0.991. The van der Waals surface area contributed by atoms with Gasteiger partial charge in [0.15, 0.2) is 0 Å². The van der Waals surface area contributed by atoms with Crippen LogP contribution in [0.5, 0.6) is 0 Å². The van der Waals surface area contributed by atoms with E-state index >= 15 is 0 Å². The maximum atomic E-state index is 11.5. The largest absolute Gasteiger partial charge is 0.469 e. The fraction of sp³-hybridized carbons (Fsp3) is 0.846. The van der Waals surface area contributed by atoms with Gasteiger partial charge in [0.1, 0.15) is 0 Å². The third-order valence-electron chi connectivity index (χ3n) is 3.54. The number of nitrogens with one attached hydrogen (secondary N) is 1. The number of methoxy groups -OCH3 is 1. The van der Waals surface area contributed by atoms with Gasteiger partial charge in [-0.3, -0.25) is 9.59 Å². The van der Waals surface area contributed by atoms with Gasteiger partial charge in [-0.1, -0.05) is 34.6 Å². The maximum absolute atomic E-state index is 11.5. The molecule has 17 heavy (non-hydrogen) atoms. The molecular weight excluding hydrogens is 218 g/mol. The molecule has 0 aliphatic heterocycles. The Balaban J connectivity index is 4.04. The van der Waals surface area contributed by atoms with Gasteiger partial charge in [0.05, 0.1) is 13.5 Å². The molecule has 0 heterocycles. The summed E-state index contributed by atoms with van der Waals surface area (Å²) in [6, 6.07) is 0. The molecule has 0 fully saturated rings. The summed E-state index contributed by atoms with van der Waals surface area (Å²) >= 11 is 0. The van der Waals surface area contributed by atoms with E-state index in [9.17, 15) is 9.59 Å². The van der Waals surface area contributed by atoms with Crippen molar-refractivity contribution in [3.63, 3.8) is 0 Å². The topological polar surface area (TPSA) is 55.4 Å². The van der Waals surface area contributed by atoms with Gasteiger partial charge in [0.25, 0.3) is 0 Å². The van der Waals surface area contributed by atoms with Crippen molar-refractivity contribution in [2.75, 3.05) is 13.7 Å². The predicted molar refractivity (Wildman–Crippen MR) is 67.5 cm³/mol. The first-order chi connectivity index (χ1) is 7.60. The lowest BCUT2D eigenvalue weighted by Gasteiger charge is -2.38. The van der Waals surface area contributed by atoms with Crippen LogP contribution in [0.1, 0.15) is 47.5 Å². The molecule has 4 nitrogen and oxygen atoms in total. The minimum Gasteiger partial charge on any atom is -0.469 e. The Hall–Kier alpha value is -1.06. The monoisotopic (exact) mass is 243 g/mol. The normalized spacial score (nSPS) is 12.1. The standard InChI is InChI=1S/C13H25NO3/c1-12(2,3)13(4,5)9-14-10(15)7-8-11(16)17-6/h7-9H2,1-6H3,(H,14,15). The number of hydrogen-bond acceptors (Lipinski definition) is 3. The Morgan fingerprint density at radius 2 is 1.59 bits per heavy atom. The molecule has 1 N–H and O–H groups in total. The van der Waals surface area contributed by atoms with Crippen molar-refractivity contribution in [3.05, 3.63) is 0 Å².